The Morgan fingerprint density at radius 2 is 1.72 bits per heavy atom. The summed E-state index contributed by atoms with van der Waals surface area (Å²) in [6.45, 7) is 2.54. The predicted octanol–water partition coefficient (Wildman–Crippen LogP) is 8.11. The number of rotatable bonds is 8. The fourth-order valence-corrected chi connectivity index (χ4v) is 5.15. The molecule has 186 valence electrons. The van der Waals surface area contributed by atoms with Crippen LogP contribution in [0.3, 0.4) is 0 Å². The molecule has 36 heavy (non-hydrogen) atoms. The lowest BCUT2D eigenvalue weighted by molar-refractivity contribution is -0.123. The van der Waals surface area contributed by atoms with Crippen molar-refractivity contribution in [3.63, 3.8) is 0 Å². The second kappa shape index (κ2) is 11.7. The SMILES string of the molecule is CCOc1cc(/C=C2\SC(=O)N(Cc3ccc(Cl)c(Cl)c3)C2=O)cc(Br)c1OCc1ccc(F)cc1. The van der Waals surface area contributed by atoms with Crippen molar-refractivity contribution in [2.45, 2.75) is 20.1 Å². The van der Waals surface area contributed by atoms with Crippen LogP contribution in [0.5, 0.6) is 11.5 Å². The topological polar surface area (TPSA) is 55.8 Å². The summed E-state index contributed by atoms with van der Waals surface area (Å²) >= 11 is 16.4. The molecule has 1 aliphatic heterocycles. The molecule has 2 amide bonds. The summed E-state index contributed by atoms with van der Waals surface area (Å²) in [6, 6.07) is 14.5. The second-order valence-corrected chi connectivity index (χ2v) is 10.4. The molecule has 1 aliphatic rings. The van der Waals surface area contributed by atoms with Gasteiger partial charge in [0.25, 0.3) is 11.1 Å². The maximum Gasteiger partial charge on any atom is 0.293 e. The van der Waals surface area contributed by atoms with Crippen molar-refractivity contribution in [2.75, 3.05) is 6.61 Å². The molecule has 0 bridgehead atoms. The first-order chi connectivity index (χ1) is 17.2. The first kappa shape index (κ1) is 26.5. The minimum absolute atomic E-state index is 0.0863. The van der Waals surface area contributed by atoms with E-state index in [0.29, 0.717) is 43.8 Å². The van der Waals surface area contributed by atoms with Gasteiger partial charge in [-0.2, -0.15) is 0 Å². The van der Waals surface area contributed by atoms with Gasteiger partial charge in [0, 0.05) is 0 Å². The number of hydrogen-bond donors (Lipinski definition) is 0. The summed E-state index contributed by atoms with van der Waals surface area (Å²) in [5, 5.41) is 0.377. The van der Waals surface area contributed by atoms with E-state index in [2.05, 4.69) is 15.9 Å². The zero-order valence-corrected chi connectivity index (χ0v) is 22.8. The lowest BCUT2D eigenvalue weighted by atomic mass is 10.1. The van der Waals surface area contributed by atoms with E-state index in [9.17, 15) is 14.0 Å². The van der Waals surface area contributed by atoms with Crippen molar-refractivity contribution in [3.8, 4) is 11.5 Å². The van der Waals surface area contributed by atoms with Gasteiger partial charge in [-0.25, -0.2) is 4.39 Å². The normalized spacial score (nSPS) is 14.6. The molecular formula is C26H19BrCl2FNO4S. The highest BCUT2D eigenvalue weighted by Crippen LogP contribution is 2.40. The average molecular weight is 611 g/mol. The Hall–Kier alpha value is -2.52. The Kier molecular flexibility index (Phi) is 8.62. The molecule has 0 aromatic heterocycles. The molecule has 1 saturated heterocycles. The van der Waals surface area contributed by atoms with Gasteiger partial charge in [0.2, 0.25) is 0 Å². The Morgan fingerprint density at radius 3 is 2.42 bits per heavy atom. The van der Waals surface area contributed by atoms with Gasteiger partial charge in [0.05, 0.1) is 32.6 Å². The molecule has 0 aliphatic carbocycles. The van der Waals surface area contributed by atoms with Gasteiger partial charge >= 0.3 is 0 Å². The molecule has 1 heterocycles. The zero-order valence-electron chi connectivity index (χ0n) is 18.9. The molecule has 0 atom stereocenters. The van der Waals surface area contributed by atoms with Crippen LogP contribution >= 0.6 is 50.9 Å². The summed E-state index contributed by atoms with van der Waals surface area (Å²) in [5.74, 6) is 0.226. The molecule has 1 fully saturated rings. The highest BCUT2D eigenvalue weighted by molar-refractivity contribution is 9.10. The number of hydrogen-bond acceptors (Lipinski definition) is 5. The average Bonchev–Trinajstić information content (AvgIpc) is 3.09. The van der Waals surface area contributed by atoms with Gasteiger partial charge in [-0.15, -0.1) is 0 Å². The molecule has 5 nitrogen and oxygen atoms in total. The van der Waals surface area contributed by atoms with Crippen LogP contribution in [0, 0.1) is 5.82 Å². The summed E-state index contributed by atoms with van der Waals surface area (Å²) in [6.07, 6.45) is 1.64. The van der Waals surface area contributed by atoms with Crippen LogP contribution in [0.25, 0.3) is 6.08 Å². The second-order valence-electron chi connectivity index (χ2n) is 7.69. The predicted molar refractivity (Wildman–Crippen MR) is 144 cm³/mol. The quantitative estimate of drug-likeness (QED) is 0.241. The minimum Gasteiger partial charge on any atom is -0.490 e. The molecular weight excluding hydrogens is 592 g/mol. The first-order valence-corrected chi connectivity index (χ1v) is 13.1. The van der Waals surface area contributed by atoms with Crippen LogP contribution in [-0.2, 0) is 17.9 Å². The number of carbonyl (C=O) groups excluding carboxylic acids is 2. The van der Waals surface area contributed by atoms with E-state index in [-0.39, 0.29) is 29.1 Å². The lowest BCUT2D eigenvalue weighted by Gasteiger charge is -2.15. The first-order valence-electron chi connectivity index (χ1n) is 10.8. The summed E-state index contributed by atoms with van der Waals surface area (Å²) < 4.78 is 25.5. The van der Waals surface area contributed by atoms with Crippen LogP contribution in [0.2, 0.25) is 10.0 Å². The molecule has 0 N–H and O–H groups in total. The Morgan fingerprint density at radius 1 is 1.00 bits per heavy atom. The number of thioether (sulfide) groups is 1. The number of imide groups is 1. The van der Waals surface area contributed by atoms with Gasteiger partial charge in [0.1, 0.15) is 12.4 Å². The van der Waals surface area contributed by atoms with E-state index in [4.69, 9.17) is 32.7 Å². The third-order valence-corrected chi connectivity index (χ3v) is 7.36. The van der Waals surface area contributed by atoms with Crippen molar-refractivity contribution < 1.29 is 23.5 Å². The number of benzene rings is 3. The largest absolute Gasteiger partial charge is 0.490 e. The number of nitrogens with zero attached hydrogens (tertiary/aromatic N) is 1. The van der Waals surface area contributed by atoms with Crippen molar-refractivity contribution in [2.24, 2.45) is 0 Å². The van der Waals surface area contributed by atoms with E-state index in [1.807, 2.05) is 6.92 Å². The number of halogens is 4. The van der Waals surface area contributed by atoms with Crippen molar-refractivity contribution in [1.82, 2.24) is 4.90 Å². The van der Waals surface area contributed by atoms with E-state index >= 15 is 0 Å². The van der Waals surface area contributed by atoms with Crippen molar-refractivity contribution in [3.05, 3.63) is 96.5 Å². The summed E-state index contributed by atoms with van der Waals surface area (Å²) in [5.41, 5.74) is 2.14. The van der Waals surface area contributed by atoms with Crippen LogP contribution in [0.15, 0.2) is 64.0 Å². The molecule has 3 aromatic rings. The third kappa shape index (κ3) is 6.24. The van der Waals surface area contributed by atoms with Crippen molar-refractivity contribution in [1.29, 1.82) is 0 Å². The van der Waals surface area contributed by atoms with Gasteiger partial charge in [-0.3, -0.25) is 14.5 Å². The molecule has 4 rings (SSSR count). The lowest BCUT2D eigenvalue weighted by Crippen LogP contribution is -2.27. The van der Waals surface area contributed by atoms with Crippen LogP contribution < -0.4 is 9.47 Å². The molecule has 0 spiro atoms. The maximum absolute atomic E-state index is 13.2. The van der Waals surface area contributed by atoms with E-state index in [1.54, 1.807) is 48.5 Å². The monoisotopic (exact) mass is 609 g/mol. The van der Waals surface area contributed by atoms with Gasteiger partial charge in [0.15, 0.2) is 11.5 Å². The van der Waals surface area contributed by atoms with E-state index in [0.717, 1.165) is 22.2 Å². The number of ether oxygens (including phenoxy) is 2. The molecule has 3 aromatic carbocycles. The van der Waals surface area contributed by atoms with Crippen LogP contribution in [-0.4, -0.2) is 22.7 Å². The molecule has 0 unspecified atom stereocenters. The summed E-state index contributed by atoms with van der Waals surface area (Å²) in [7, 11) is 0. The fourth-order valence-electron chi connectivity index (χ4n) is 3.42. The van der Waals surface area contributed by atoms with Crippen molar-refractivity contribution >= 4 is 68.1 Å². The van der Waals surface area contributed by atoms with Gasteiger partial charge in [-0.05, 0) is 93.8 Å². The minimum atomic E-state index is -0.401. The summed E-state index contributed by atoms with van der Waals surface area (Å²) in [4.78, 5) is 27.0. The highest BCUT2D eigenvalue weighted by Gasteiger charge is 2.35. The molecule has 0 radical (unpaired) electrons. The zero-order chi connectivity index (χ0) is 25.8. The van der Waals surface area contributed by atoms with Gasteiger partial charge < -0.3 is 9.47 Å². The van der Waals surface area contributed by atoms with Gasteiger partial charge in [-0.1, -0.05) is 41.4 Å². The number of carbonyl (C=O) groups is 2. The number of amides is 2. The molecule has 10 heteroatoms. The third-order valence-electron chi connectivity index (χ3n) is 5.12. The fraction of sp³-hybridized carbons (Fsp3) is 0.154. The van der Waals surface area contributed by atoms with E-state index < -0.39 is 5.91 Å². The smallest absolute Gasteiger partial charge is 0.293 e. The van der Waals surface area contributed by atoms with Crippen LogP contribution in [0.4, 0.5) is 9.18 Å². The highest BCUT2D eigenvalue weighted by atomic mass is 79.9. The Labute approximate surface area is 230 Å². The Balaban J connectivity index is 1.54. The maximum atomic E-state index is 13.2. The van der Waals surface area contributed by atoms with Crippen LogP contribution in [0.1, 0.15) is 23.6 Å². The standard InChI is InChI=1S/C26H19BrCl2FNO4S/c1-2-34-22-11-17(9-19(27)24(22)35-14-15-3-6-18(30)7-4-15)12-23-25(32)31(26(33)36-23)13-16-5-8-20(28)21(29)10-16/h3-12H,2,13-14H2,1H3/b23-12-. The molecule has 0 saturated carbocycles. The Bertz CT molecular complexity index is 1350. The van der Waals surface area contributed by atoms with E-state index in [1.165, 1.54) is 12.1 Å².